The van der Waals surface area contributed by atoms with E-state index in [4.69, 9.17) is 21.7 Å². The first kappa shape index (κ1) is 20.5. The Balaban J connectivity index is 2.46. The van der Waals surface area contributed by atoms with E-state index in [-0.39, 0.29) is 36.9 Å². The SMILES string of the molecule is COCCOC(=O)CCC(=O)NC(=S)Nc1cccc([N+](=O)[O-])c1C. The molecule has 1 amide bonds. The fourth-order valence-corrected chi connectivity index (χ4v) is 2.05. The molecule has 1 aromatic rings. The van der Waals surface area contributed by atoms with Gasteiger partial charge < -0.3 is 20.1 Å². The van der Waals surface area contributed by atoms with Crippen LogP contribution in [0.2, 0.25) is 0 Å². The van der Waals surface area contributed by atoms with Gasteiger partial charge in [0.05, 0.1) is 29.2 Å². The van der Waals surface area contributed by atoms with Crippen LogP contribution in [0.3, 0.4) is 0 Å². The predicted octanol–water partition coefficient (Wildman–Crippen LogP) is 1.69. The third-order valence-electron chi connectivity index (χ3n) is 3.11. The number of anilines is 1. The average molecular weight is 369 g/mol. The molecule has 10 heteroatoms. The van der Waals surface area contributed by atoms with Gasteiger partial charge in [-0.1, -0.05) is 6.07 Å². The summed E-state index contributed by atoms with van der Waals surface area (Å²) in [5, 5.41) is 16.0. The number of nitrogens with zero attached hydrogens (tertiary/aromatic N) is 1. The summed E-state index contributed by atoms with van der Waals surface area (Å²) in [6, 6.07) is 4.49. The lowest BCUT2D eigenvalue weighted by molar-refractivity contribution is -0.385. The van der Waals surface area contributed by atoms with Crippen molar-refractivity contribution in [2.75, 3.05) is 25.6 Å². The van der Waals surface area contributed by atoms with E-state index in [9.17, 15) is 19.7 Å². The summed E-state index contributed by atoms with van der Waals surface area (Å²) in [4.78, 5) is 33.5. The summed E-state index contributed by atoms with van der Waals surface area (Å²) in [7, 11) is 1.48. The van der Waals surface area contributed by atoms with Gasteiger partial charge in [-0.15, -0.1) is 0 Å². The second-order valence-corrected chi connectivity index (χ2v) is 5.33. The molecule has 25 heavy (non-hydrogen) atoms. The van der Waals surface area contributed by atoms with Crippen LogP contribution in [0.1, 0.15) is 18.4 Å². The fourth-order valence-electron chi connectivity index (χ4n) is 1.83. The Bertz CT molecular complexity index is 665. The maximum atomic E-state index is 11.8. The molecule has 0 aliphatic heterocycles. The van der Waals surface area contributed by atoms with E-state index in [1.165, 1.54) is 19.2 Å². The van der Waals surface area contributed by atoms with Crippen molar-refractivity contribution in [1.82, 2.24) is 5.32 Å². The highest BCUT2D eigenvalue weighted by atomic mass is 32.1. The van der Waals surface area contributed by atoms with Crippen LogP contribution in [0.4, 0.5) is 11.4 Å². The van der Waals surface area contributed by atoms with E-state index in [0.29, 0.717) is 11.3 Å². The summed E-state index contributed by atoms with van der Waals surface area (Å²) >= 11 is 5.00. The summed E-state index contributed by atoms with van der Waals surface area (Å²) in [5.74, 6) is -0.982. The lowest BCUT2D eigenvalue weighted by atomic mass is 10.1. The number of carbonyl (C=O) groups excluding carboxylic acids is 2. The van der Waals surface area contributed by atoms with E-state index in [2.05, 4.69) is 10.6 Å². The number of rotatable bonds is 8. The van der Waals surface area contributed by atoms with Crippen LogP contribution >= 0.6 is 12.2 Å². The van der Waals surface area contributed by atoms with Crippen molar-refractivity contribution in [2.24, 2.45) is 0 Å². The number of esters is 1. The maximum absolute atomic E-state index is 11.8. The van der Waals surface area contributed by atoms with Gasteiger partial charge in [-0.25, -0.2) is 0 Å². The molecule has 9 nitrogen and oxygen atoms in total. The Hall–Kier alpha value is -2.59. The molecule has 0 fully saturated rings. The Morgan fingerprint density at radius 3 is 2.64 bits per heavy atom. The molecule has 0 unspecified atom stereocenters. The molecule has 0 saturated carbocycles. The van der Waals surface area contributed by atoms with Crippen LogP contribution < -0.4 is 10.6 Å². The van der Waals surface area contributed by atoms with E-state index in [1.54, 1.807) is 13.0 Å². The Kier molecular flexibility index (Phi) is 8.44. The molecular weight excluding hydrogens is 350 g/mol. The zero-order valence-electron chi connectivity index (χ0n) is 13.9. The van der Waals surface area contributed by atoms with E-state index >= 15 is 0 Å². The summed E-state index contributed by atoms with van der Waals surface area (Å²) < 4.78 is 9.56. The lowest BCUT2D eigenvalue weighted by Crippen LogP contribution is -2.34. The summed E-state index contributed by atoms with van der Waals surface area (Å²) in [6.45, 7) is 1.98. The number of carbonyl (C=O) groups is 2. The smallest absolute Gasteiger partial charge is 0.306 e. The van der Waals surface area contributed by atoms with Gasteiger partial charge in [0, 0.05) is 19.6 Å². The number of thiocarbonyl (C=S) groups is 1. The highest BCUT2D eigenvalue weighted by molar-refractivity contribution is 7.80. The van der Waals surface area contributed by atoms with E-state index in [0.717, 1.165) is 0 Å². The molecule has 136 valence electrons. The monoisotopic (exact) mass is 369 g/mol. The molecule has 1 rings (SSSR count). The zero-order valence-corrected chi connectivity index (χ0v) is 14.7. The van der Waals surface area contributed by atoms with Crippen LogP contribution in [0.5, 0.6) is 0 Å². The standard InChI is InChI=1S/C15H19N3O6S/c1-10-11(4-3-5-12(10)18(21)22)16-15(25)17-13(19)6-7-14(20)24-9-8-23-2/h3-5H,6-9H2,1-2H3,(H2,16,17,19,25). The van der Waals surface area contributed by atoms with Gasteiger partial charge in [0.2, 0.25) is 5.91 Å². The van der Waals surface area contributed by atoms with Gasteiger partial charge in [0.25, 0.3) is 5.69 Å². The molecule has 0 atom stereocenters. The molecule has 0 bridgehead atoms. The van der Waals surface area contributed by atoms with Crippen LogP contribution in [-0.4, -0.2) is 42.2 Å². The Morgan fingerprint density at radius 1 is 1.28 bits per heavy atom. The molecule has 0 spiro atoms. The predicted molar refractivity (Wildman–Crippen MR) is 94.3 cm³/mol. The van der Waals surface area contributed by atoms with Crippen molar-refractivity contribution < 1.29 is 24.0 Å². The number of amides is 1. The Morgan fingerprint density at radius 2 is 2.00 bits per heavy atom. The van der Waals surface area contributed by atoms with Gasteiger partial charge in [-0.05, 0) is 25.2 Å². The second-order valence-electron chi connectivity index (χ2n) is 4.92. The minimum Gasteiger partial charge on any atom is -0.463 e. The van der Waals surface area contributed by atoms with Crippen molar-refractivity contribution in [3.05, 3.63) is 33.9 Å². The number of methoxy groups -OCH3 is 1. The first-order valence-electron chi connectivity index (χ1n) is 7.34. The third-order valence-corrected chi connectivity index (χ3v) is 3.31. The minimum absolute atomic E-state index is 0.0126. The molecule has 2 N–H and O–H groups in total. The average Bonchev–Trinajstić information content (AvgIpc) is 2.54. The van der Waals surface area contributed by atoms with Crippen molar-refractivity contribution in [3.63, 3.8) is 0 Å². The van der Waals surface area contributed by atoms with Crippen molar-refractivity contribution in [1.29, 1.82) is 0 Å². The van der Waals surface area contributed by atoms with Gasteiger partial charge in [-0.3, -0.25) is 19.7 Å². The quantitative estimate of drug-likeness (QED) is 0.233. The second kappa shape index (κ2) is 10.3. The first-order valence-corrected chi connectivity index (χ1v) is 7.75. The van der Waals surface area contributed by atoms with Crippen molar-refractivity contribution in [3.8, 4) is 0 Å². The van der Waals surface area contributed by atoms with Gasteiger partial charge in [0.15, 0.2) is 5.11 Å². The van der Waals surface area contributed by atoms with Crippen molar-refractivity contribution >= 4 is 40.6 Å². The number of nitro groups is 1. The number of ether oxygens (including phenoxy) is 2. The lowest BCUT2D eigenvalue weighted by Gasteiger charge is -2.11. The molecule has 0 aliphatic rings. The minimum atomic E-state index is -0.513. The molecular formula is C15H19N3O6S. The summed E-state index contributed by atoms with van der Waals surface area (Å²) in [6.07, 6.45) is -0.185. The van der Waals surface area contributed by atoms with Crippen LogP contribution in [-0.2, 0) is 19.1 Å². The fraction of sp³-hybridized carbons (Fsp3) is 0.400. The molecule has 0 saturated heterocycles. The summed E-state index contributed by atoms with van der Waals surface area (Å²) in [5.41, 5.74) is 0.752. The Labute approximate surface area is 149 Å². The van der Waals surface area contributed by atoms with Gasteiger partial charge in [0.1, 0.15) is 6.61 Å². The number of hydrogen-bond acceptors (Lipinski definition) is 7. The number of benzene rings is 1. The zero-order chi connectivity index (χ0) is 18.8. The number of nitrogens with one attached hydrogen (secondary N) is 2. The molecule has 0 aromatic heterocycles. The largest absolute Gasteiger partial charge is 0.463 e. The number of nitro benzene ring substituents is 1. The van der Waals surface area contributed by atoms with Crippen LogP contribution in [0.15, 0.2) is 18.2 Å². The third kappa shape index (κ3) is 7.23. The highest BCUT2D eigenvalue weighted by Gasteiger charge is 2.15. The molecule has 0 aliphatic carbocycles. The van der Waals surface area contributed by atoms with Gasteiger partial charge in [-0.2, -0.15) is 0 Å². The van der Waals surface area contributed by atoms with Crippen LogP contribution in [0, 0.1) is 17.0 Å². The topological polar surface area (TPSA) is 120 Å². The molecule has 0 radical (unpaired) electrons. The van der Waals surface area contributed by atoms with E-state index < -0.39 is 16.8 Å². The van der Waals surface area contributed by atoms with E-state index in [1.807, 2.05) is 0 Å². The normalized spacial score (nSPS) is 10.0. The first-order chi connectivity index (χ1) is 11.8. The molecule has 0 heterocycles. The maximum Gasteiger partial charge on any atom is 0.306 e. The molecule has 1 aromatic carbocycles. The van der Waals surface area contributed by atoms with Crippen LogP contribution in [0.25, 0.3) is 0 Å². The highest BCUT2D eigenvalue weighted by Crippen LogP contribution is 2.24. The van der Waals surface area contributed by atoms with Gasteiger partial charge >= 0.3 is 5.97 Å². The number of hydrogen-bond donors (Lipinski definition) is 2. The van der Waals surface area contributed by atoms with Crippen molar-refractivity contribution in [2.45, 2.75) is 19.8 Å².